The Balaban J connectivity index is 2.08. The maximum Gasteiger partial charge on any atom is 0.0628 e. The number of nitrogens with zero attached hydrogens (tertiary/aromatic N) is 1. The Morgan fingerprint density at radius 3 is 2.43 bits per heavy atom. The van der Waals surface area contributed by atoms with Gasteiger partial charge in [-0.25, -0.2) is 0 Å². The van der Waals surface area contributed by atoms with E-state index in [0.717, 1.165) is 19.5 Å². The molecule has 1 aliphatic carbocycles. The molecule has 14 heavy (non-hydrogen) atoms. The van der Waals surface area contributed by atoms with E-state index in [2.05, 4.69) is 32.2 Å². The van der Waals surface area contributed by atoms with Gasteiger partial charge in [-0.3, -0.25) is 0 Å². The minimum atomic E-state index is 0.354. The monoisotopic (exact) mass is 194 g/mol. The smallest absolute Gasteiger partial charge is 0.0628 e. The zero-order chi connectivity index (χ0) is 10.7. The van der Waals surface area contributed by atoms with Crippen molar-refractivity contribution in [3.8, 4) is 6.07 Å². The van der Waals surface area contributed by atoms with E-state index in [4.69, 9.17) is 5.26 Å². The van der Waals surface area contributed by atoms with E-state index in [1.807, 2.05) is 0 Å². The zero-order valence-electron chi connectivity index (χ0n) is 9.69. The number of nitriles is 1. The van der Waals surface area contributed by atoms with Crippen LogP contribution in [0.25, 0.3) is 0 Å². The van der Waals surface area contributed by atoms with Crippen molar-refractivity contribution in [3.63, 3.8) is 0 Å². The normalized spacial score (nSPS) is 19.0. The quantitative estimate of drug-likeness (QED) is 0.683. The Morgan fingerprint density at radius 1 is 1.36 bits per heavy atom. The van der Waals surface area contributed by atoms with Gasteiger partial charge in [0.2, 0.25) is 0 Å². The summed E-state index contributed by atoms with van der Waals surface area (Å²) in [4.78, 5) is 0. The molecule has 0 aliphatic heterocycles. The van der Waals surface area contributed by atoms with Gasteiger partial charge in [0.25, 0.3) is 0 Å². The average Bonchev–Trinajstić information content (AvgIpc) is 2.79. The molecular weight excluding hydrogens is 172 g/mol. The predicted octanol–water partition coefficient (Wildman–Crippen LogP) is 2.71. The third-order valence-electron chi connectivity index (χ3n) is 2.96. The van der Waals surface area contributed by atoms with Crippen LogP contribution in [0, 0.1) is 22.2 Å². The molecule has 1 fully saturated rings. The molecule has 1 rings (SSSR count). The second-order valence-corrected chi connectivity index (χ2v) is 5.82. The Bertz CT molecular complexity index is 215. The van der Waals surface area contributed by atoms with E-state index in [-0.39, 0.29) is 0 Å². The lowest BCUT2D eigenvalue weighted by Crippen LogP contribution is -2.27. The third kappa shape index (κ3) is 4.11. The summed E-state index contributed by atoms with van der Waals surface area (Å²) in [6, 6.07) is 2.29. The topological polar surface area (TPSA) is 35.8 Å². The molecule has 80 valence electrons. The molecule has 1 aliphatic rings. The molecule has 0 aromatic rings. The fraction of sp³-hybridized carbons (Fsp3) is 0.917. The van der Waals surface area contributed by atoms with Crippen LogP contribution in [0.15, 0.2) is 0 Å². The first-order valence-electron chi connectivity index (χ1n) is 5.55. The van der Waals surface area contributed by atoms with Crippen LogP contribution in [0.5, 0.6) is 0 Å². The minimum absolute atomic E-state index is 0.354. The number of nitrogens with one attached hydrogen (secondary N) is 1. The minimum Gasteiger partial charge on any atom is -0.316 e. The molecule has 2 nitrogen and oxygen atoms in total. The summed E-state index contributed by atoms with van der Waals surface area (Å²) < 4.78 is 0. The summed E-state index contributed by atoms with van der Waals surface area (Å²) in [6.45, 7) is 8.90. The highest BCUT2D eigenvalue weighted by atomic mass is 14.9. The lowest BCUT2D eigenvalue weighted by atomic mass is 9.92. The van der Waals surface area contributed by atoms with E-state index in [1.54, 1.807) is 0 Å². The van der Waals surface area contributed by atoms with E-state index < -0.39 is 0 Å². The molecule has 0 saturated heterocycles. The highest BCUT2D eigenvalue weighted by Crippen LogP contribution is 2.47. The molecular formula is C12H22N2. The summed E-state index contributed by atoms with van der Waals surface area (Å²) in [5, 5.41) is 12.1. The van der Waals surface area contributed by atoms with Crippen molar-refractivity contribution in [1.82, 2.24) is 5.32 Å². The largest absolute Gasteiger partial charge is 0.316 e. The van der Waals surface area contributed by atoms with Gasteiger partial charge in [-0.15, -0.1) is 0 Å². The molecule has 2 heteroatoms. The van der Waals surface area contributed by atoms with Crippen LogP contribution in [-0.2, 0) is 0 Å². The SMILES string of the molecule is CC(C)(C)CCNCC1(CC#N)CC1. The fourth-order valence-electron chi connectivity index (χ4n) is 1.58. The van der Waals surface area contributed by atoms with Crippen LogP contribution in [0.2, 0.25) is 0 Å². The first-order valence-corrected chi connectivity index (χ1v) is 5.55. The van der Waals surface area contributed by atoms with Gasteiger partial charge in [0, 0.05) is 13.0 Å². The van der Waals surface area contributed by atoms with Crippen molar-refractivity contribution < 1.29 is 0 Å². The van der Waals surface area contributed by atoms with E-state index in [1.165, 1.54) is 19.3 Å². The van der Waals surface area contributed by atoms with Gasteiger partial charge in [0.05, 0.1) is 6.07 Å². The Morgan fingerprint density at radius 2 is 2.00 bits per heavy atom. The van der Waals surface area contributed by atoms with Crippen LogP contribution < -0.4 is 5.32 Å². The van der Waals surface area contributed by atoms with E-state index in [0.29, 0.717) is 10.8 Å². The summed E-state index contributed by atoms with van der Waals surface area (Å²) in [5.74, 6) is 0. The first kappa shape index (κ1) is 11.5. The summed E-state index contributed by atoms with van der Waals surface area (Å²) in [6.07, 6.45) is 4.41. The van der Waals surface area contributed by atoms with Crippen molar-refractivity contribution in [3.05, 3.63) is 0 Å². The molecule has 1 saturated carbocycles. The van der Waals surface area contributed by atoms with Gasteiger partial charge in [0.15, 0.2) is 0 Å². The van der Waals surface area contributed by atoms with E-state index >= 15 is 0 Å². The molecule has 0 unspecified atom stereocenters. The number of rotatable bonds is 5. The third-order valence-corrected chi connectivity index (χ3v) is 2.96. The van der Waals surface area contributed by atoms with Crippen LogP contribution >= 0.6 is 0 Å². The molecule has 0 aromatic carbocycles. The first-order chi connectivity index (χ1) is 6.47. The van der Waals surface area contributed by atoms with Crippen molar-refractivity contribution in [2.75, 3.05) is 13.1 Å². The standard InChI is InChI=1S/C12H22N2/c1-11(2,3)7-9-14-10-12(4-5-12)6-8-13/h14H,4-7,9-10H2,1-3H3. The van der Waals surface area contributed by atoms with Crippen LogP contribution in [0.3, 0.4) is 0 Å². The van der Waals surface area contributed by atoms with Gasteiger partial charge in [-0.1, -0.05) is 20.8 Å². The summed E-state index contributed by atoms with van der Waals surface area (Å²) >= 11 is 0. The lowest BCUT2D eigenvalue weighted by Gasteiger charge is -2.19. The van der Waals surface area contributed by atoms with Crippen molar-refractivity contribution in [1.29, 1.82) is 5.26 Å². The Labute approximate surface area is 87.7 Å². The van der Waals surface area contributed by atoms with Crippen molar-refractivity contribution in [2.45, 2.75) is 46.5 Å². The number of hydrogen-bond acceptors (Lipinski definition) is 2. The summed E-state index contributed by atoms with van der Waals surface area (Å²) in [5.41, 5.74) is 0.769. The highest BCUT2D eigenvalue weighted by molar-refractivity contribution is 5.00. The van der Waals surface area contributed by atoms with Gasteiger partial charge in [-0.2, -0.15) is 5.26 Å². The van der Waals surface area contributed by atoms with Crippen LogP contribution in [-0.4, -0.2) is 13.1 Å². The maximum atomic E-state index is 8.65. The molecule has 0 spiro atoms. The molecule has 1 N–H and O–H groups in total. The van der Waals surface area contributed by atoms with Crippen molar-refractivity contribution >= 4 is 0 Å². The summed E-state index contributed by atoms with van der Waals surface area (Å²) in [7, 11) is 0. The molecule has 0 heterocycles. The Hall–Kier alpha value is -0.550. The lowest BCUT2D eigenvalue weighted by molar-refractivity contribution is 0.354. The van der Waals surface area contributed by atoms with E-state index in [9.17, 15) is 0 Å². The molecule has 0 bridgehead atoms. The predicted molar refractivity (Wildman–Crippen MR) is 58.8 cm³/mol. The average molecular weight is 194 g/mol. The fourth-order valence-corrected chi connectivity index (χ4v) is 1.58. The maximum absolute atomic E-state index is 8.65. The van der Waals surface area contributed by atoms with Gasteiger partial charge in [0.1, 0.15) is 0 Å². The van der Waals surface area contributed by atoms with Gasteiger partial charge >= 0.3 is 0 Å². The molecule has 0 aromatic heterocycles. The highest BCUT2D eigenvalue weighted by Gasteiger charge is 2.41. The van der Waals surface area contributed by atoms with Gasteiger partial charge in [-0.05, 0) is 36.6 Å². The Kier molecular flexibility index (Phi) is 3.55. The van der Waals surface area contributed by atoms with Crippen LogP contribution in [0.4, 0.5) is 0 Å². The van der Waals surface area contributed by atoms with Crippen molar-refractivity contribution in [2.24, 2.45) is 10.8 Å². The second kappa shape index (κ2) is 4.31. The zero-order valence-corrected chi connectivity index (χ0v) is 9.69. The molecule has 0 amide bonds. The van der Waals surface area contributed by atoms with Gasteiger partial charge < -0.3 is 5.32 Å². The number of hydrogen-bond donors (Lipinski definition) is 1. The van der Waals surface area contributed by atoms with Crippen LogP contribution in [0.1, 0.15) is 46.5 Å². The second-order valence-electron chi connectivity index (χ2n) is 5.82. The molecule has 0 atom stereocenters. The molecule has 0 radical (unpaired) electrons.